The van der Waals surface area contributed by atoms with Gasteiger partial charge in [-0.15, -0.1) is 0 Å². The van der Waals surface area contributed by atoms with Crippen molar-refractivity contribution in [2.24, 2.45) is 0 Å². The molecule has 1 N–H and O–H groups in total. The smallest absolute Gasteiger partial charge is 0.251 e. The summed E-state index contributed by atoms with van der Waals surface area (Å²) in [5.41, 5.74) is 1.61. The third-order valence-corrected chi connectivity index (χ3v) is 2.17. The van der Waals surface area contributed by atoms with Gasteiger partial charge in [0.2, 0.25) is 0 Å². The van der Waals surface area contributed by atoms with Gasteiger partial charge in [-0.2, -0.15) is 5.10 Å². The molecular formula is C10H9N3O2. The van der Waals surface area contributed by atoms with Crippen LogP contribution in [-0.4, -0.2) is 28.9 Å². The third kappa shape index (κ3) is 1.48. The van der Waals surface area contributed by atoms with Crippen LogP contribution in [0.2, 0.25) is 0 Å². The first-order chi connectivity index (χ1) is 7.26. The number of pyridine rings is 1. The standard InChI is InChI=1S/C10H9N3O2/c1-11-10(15)7-2-3-13-9(4-7)8(6-14)5-12-13/h2-6H,1H3,(H,11,15). The zero-order valence-corrected chi connectivity index (χ0v) is 8.10. The molecule has 0 saturated heterocycles. The molecule has 0 spiro atoms. The number of fused-ring (bicyclic) bond motifs is 1. The van der Waals surface area contributed by atoms with Crippen LogP contribution in [0.4, 0.5) is 0 Å². The summed E-state index contributed by atoms with van der Waals surface area (Å²) in [4.78, 5) is 22.0. The average Bonchev–Trinajstić information content (AvgIpc) is 2.69. The number of aromatic nitrogens is 2. The van der Waals surface area contributed by atoms with E-state index in [-0.39, 0.29) is 5.91 Å². The van der Waals surface area contributed by atoms with Crippen molar-refractivity contribution in [1.82, 2.24) is 14.9 Å². The van der Waals surface area contributed by atoms with Gasteiger partial charge in [0.15, 0.2) is 6.29 Å². The highest BCUT2D eigenvalue weighted by atomic mass is 16.1. The van der Waals surface area contributed by atoms with Crippen LogP contribution in [0.15, 0.2) is 24.5 Å². The van der Waals surface area contributed by atoms with Crippen molar-refractivity contribution in [1.29, 1.82) is 0 Å². The SMILES string of the molecule is CNC(=O)c1ccn2ncc(C=O)c2c1. The Hall–Kier alpha value is -2.17. The largest absolute Gasteiger partial charge is 0.355 e. The van der Waals surface area contributed by atoms with E-state index in [0.717, 1.165) is 6.29 Å². The second-order valence-corrected chi connectivity index (χ2v) is 3.04. The van der Waals surface area contributed by atoms with Crippen LogP contribution in [0.5, 0.6) is 0 Å². The molecule has 0 aliphatic heterocycles. The Kier molecular flexibility index (Phi) is 2.21. The normalized spacial score (nSPS) is 10.2. The van der Waals surface area contributed by atoms with Gasteiger partial charge in [0, 0.05) is 18.8 Å². The van der Waals surface area contributed by atoms with E-state index in [1.165, 1.54) is 6.20 Å². The Morgan fingerprint density at radius 2 is 2.40 bits per heavy atom. The molecule has 2 heterocycles. The predicted molar refractivity (Wildman–Crippen MR) is 54.0 cm³/mol. The third-order valence-electron chi connectivity index (χ3n) is 2.17. The van der Waals surface area contributed by atoms with Crippen LogP contribution in [-0.2, 0) is 0 Å². The van der Waals surface area contributed by atoms with Crippen LogP contribution >= 0.6 is 0 Å². The van der Waals surface area contributed by atoms with E-state index in [4.69, 9.17) is 0 Å². The maximum Gasteiger partial charge on any atom is 0.251 e. The van der Waals surface area contributed by atoms with Crippen molar-refractivity contribution in [3.63, 3.8) is 0 Å². The second-order valence-electron chi connectivity index (χ2n) is 3.04. The molecule has 0 unspecified atom stereocenters. The number of hydrogen-bond donors (Lipinski definition) is 1. The van der Waals surface area contributed by atoms with Gasteiger partial charge in [-0.3, -0.25) is 9.59 Å². The highest BCUT2D eigenvalue weighted by Gasteiger charge is 2.07. The van der Waals surface area contributed by atoms with Gasteiger partial charge in [0.25, 0.3) is 5.91 Å². The highest BCUT2D eigenvalue weighted by Crippen LogP contribution is 2.10. The zero-order chi connectivity index (χ0) is 10.8. The molecule has 2 aromatic rings. The summed E-state index contributed by atoms with van der Waals surface area (Å²) in [6.45, 7) is 0. The van der Waals surface area contributed by atoms with Crippen molar-refractivity contribution in [3.05, 3.63) is 35.7 Å². The summed E-state index contributed by atoms with van der Waals surface area (Å²) >= 11 is 0. The molecule has 0 aliphatic rings. The summed E-state index contributed by atoms with van der Waals surface area (Å²) in [6.07, 6.45) is 3.83. The summed E-state index contributed by atoms with van der Waals surface area (Å²) in [5.74, 6) is -0.185. The number of nitrogens with one attached hydrogen (secondary N) is 1. The first kappa shape index (κ1) is 9.39. The summed E-state index contributed by atoms with van der Waals surface area (Å²) in [6, 6.07) is 3.28. The zero-order valence-electron chi connectivity index (χ0n) is 8.10. The maximum absolute atomic E-state index is 11.3. The summed E-state index contributed by atoms with van der Waals surface area (Å²) in [7, 11) is 1.56. The van der Waals surface area contributed by atoms with Crippen LogP contribution in [0.1, 0.15) is 20.7 Å². The second kappa shape index (κ2) is 3.53. The number of carbonyl (C=O) groups is 2. The lowest BCUT2D eigenvalue weighted by Gasteiger charge is -2.00. The van der Waals surface area contributed by atoms with Gasteiger partial charge in [0.1, 0.15) is 0 Å². The van der Waals surface area contributed by atoms with Crippen molar-refractivity contribution in [2.75, 3.05) is 7.05 Å². The van der Waals surface area contributed by atoms with Gasteiger partial charge in [-0.25, -0.2) is 4.52 Å². The summed E-state index contributed by atoms with van der Waals surface area (Å²) in [5, 5.41) is 6.49. The number of hydrogen-bond acceptors (Lipinski definition) is 3. The average molecular weight is 203 g/mol. The fourth-order valence-corrected chi connectivity index (χ4v) is 1.38. The molecule has 15 heavy (non-hydrogen) atoms. The van der Waals surface area contributed by atoms with Crippen molar-refractivity contribution in [3.8, 4) is 0 Å². The van der Waals surface area contributed by atoms with Crippen molar-refractivity contribution in [2.45, 2.75) is 0 Å². The Bertz CT molecular complexity index is 530. The fraction of sp³-hybridized carbons (Fsp3) is 0.100. The van der Waals surface area contributed by atoms with Crippen LogP contribution in [0, 0.1) is 0 Å². The van der Waals surface area contributed by atoms with Crippen LogP contribution in [0.3, 0.4) is 0 Å². The molecule has 0 saturated carbocycles. The topological polar surface area (TPSA) is 63.5 Å². The number of aldehydes is 1. The highest BCUT2D eigenvalue weighted by molar-refractivity contribution is 5.96. The van der Waals surface area contributed by atoms with Gasteiger partial charge < -0.3 is 5.32 Å². The monoisotopic (exact) mass is 203 g/mol. The first-order valence-electron chi connectivity index (χ1n) is 4.41. The minimum atomic E-state index is -0.185. The van der Waals surface area contributed by atoms with Gasteiger partial charge in [-0.1, -0.05) is 0 Å². The molecule has 0 atom stereocenters. The van der Waals surface area contributed by atoms with Gasteiger partial charge in [0.05, 0.1) is 17.3 Å². The van der Waals surface area contributed by atoms with E-state index in [1.807, 2.05) is 0 Å². The summed E-state index contributed by atoms with van der Waals surface area (Å²) < 4.78 is 1.55. The van der Waals surface area contributed by atoms with E-state index in [0.29, 0.717) is 16.6 Å². The number of amides is 1. The minimum absolute atomic E-state index is 0.185. The quantitative estimate of drug-likeness (QED) is 0.723. The molecule has 5 heteroatoms. The lowest BCUT2D eigenvalue weighted by atomic mass is 10.2. The molecule has 2 aromatic heterocycles. The Morgan fingerprint density at radius 1 is 1.60 bits per heavy atom. The van der Waals surface area contributed by atoms with E-state index in [2.05, 4.69) is 10.4 Å². The molecule has 76 valence electrons. The number of carbonyl (C=O) groups excluding carboxylic acids is 2. The Morgan fingerprint density at radius 3 is 3.07 bits per heavy atom. The Labute approximate surface area is 85.7 Å². The molecular weight excluding hydrogens is 194 g/mol. The molecule has 0 aromatic carbocycles. The van der Waals surface area contributed by atoms with E-state index < -0.39 is 0 Å². The van der Waals surface area contributed by atoms with Crippen molar-refractivity contribution < 1.29 is 9.59 Å². The lowest BCUT2D eigenvalue weighted by Crippen LogP contribution is -2.17. The predicted octanol–water partition coefficient (Wildman–Crippen LogP) is 0.506. The van der Waals surface area contributed by atoms with Gasteiger partial charge in [-0.05, 0) is 12.1 Å². The number of nitrogens with zero attached hydrogens (tertiary/aromatic N) is 2. The van der Waals surface area contributed by atoms with Crippen LogP contribution < -0.4 is 5.32 Å². The first-order valence-corrected chi connectivity index (χ1v) is 4.41. The van der Waals surface area contributed by atoms with E-state index in [1.54, 1.807) is 29.9 Å². The Balaban J connectivity index is 2.62. The van der Waals surface area contributed by atoms with E-state index >= 15 is 0 Å². The van der Waals surface area contributed by atoms with Crippen LogP contribution in [0.25, 0.3) is 5.52 Å². The number of rotatable bonds is 2. The van der Waals surface area contributed by atoms with E-state index in [9.17, 15) is 9.59 Å². The fourth-order valence-electron chi connectivity index (χ4n) is 1.38. The molecule has 0 aliphatic carbocycles. The molecule has 5 nitrogen and oxygen atoms in total. The molecule has 1 amide bonds. The van der Waals surface area contributed by atoms with Gasteiger partial charge >= 0.3 is 0 Å². The molecule has 0 radical (unpaired) electrons. The molecule has 2 rings (SSSR count). The maximum atomic E-state index is 11.3. The molecule has 0 fully saturated rings. The van der Waals surface area contributed by atoms with Crippen molar-refractivity contribution >= 4 is 17.7 Å². The minimum Gasteiger partial charge on any atom is -0.355 e. The molecule has 0 bridgehead atoms. The lowest BCUT2D eigenvalue weighted by molar-refractivity contribution is 0.0962.